The molecule has 0 aliphatic heterocycles. The molecule has 2 rings (SSSR count). The van der Waals surface area contributed by atoms with Gasteiger partial charge in [0.1, 0.15) is 5.82 Å². The highest BCUT2D eigenvalue weighted by molar-refractivity contribution is 5.30. The van der Waals surface area contributed by atoms with Crippen LogP contribution in [0.25, 0.3) is 0 Å². The molecule has 2 N–H and O–H groups in total. The van der Waals surface area contributed by atoms with Gasteiger partial charge in [0.05, 0.1) is 5.69 Å². The van der Waals surface area contributed by atoms with Gasteiger partial charge in [-0.25, -0.2) is 4.39 Å². The minimum atomic E-state index is -0.220. The maximum absolute atomic E-state index is 13.6. The normalized spacial score (nSPS) is 12.6. The Morgan fingerprint density at radius 2 is 2.10 bits per heavy atom. The smallest absolute Gasteiger partial charge is 0.123 e. The summed E-state index contributed by atoms with van der Waals surface area (Å²) < 4.78 is 13.6. The average Bonchev–Trinajstić information content (AvgIpc) is 2.51. The van der Waals surface area contributed by atoms with E-state index in [2.05, 4.69) is 16.8 Å². The second-order valence-electron chi connectivity index (χ2n) is 5.14. The lowest BCUT2D eigenvalue weighted by Gasteiger charge is -2.31. The van der Waals surface area contributed by atoms with Gasteiger partial charge in [-0.2, -0.15) is 0 Å². The molecule has 0 saturated carbocycles. The molecule has 112 valence electrons. The Labute approximate surface area is 125 Å². The zero-order chi connectivity index (χ0) is 15.2. The van der Waals surface area contributed by atoms with Crippen LogP contribution in [0.2, 0.25) is 0 Å². The number of hydrogen-bond acceptors (Lipinski definition) is 3. The first-order valence-electron chi connectivity index (χ1n) is 7.25. The molecule has 1 unspecified atom stereocenters. The molecule has 1 aromatic heterocycles. The van der Waals surface area contributed by atoms with Gasteiger partial charge in [-0.15, -0.1) is 0 Å². The minimum absolute atomic E-state index is 0.00675. The van der Waals surface area contributed by atoms with E-state index >= 15 is 0 Å². The highest BCUT2D eigenvalue weighted by Gasteiger charge is 2.20. The van der Waals surface area contributed by atoms with Gasteiger partial charge in [0.25, 0.3) is 0 Å². The van der Waals surface area contributed by atoms with Gasteiger partial charge >= 0.3 is 0 Å². The van der Waals surface area contributed by atoms with Gasteiger partial charge in [-0.1, -0.05) is 19.1 Å². The van der Waals surface area contributed by atoms with Gasteiger partial charge in [0, 0.05) is 25.3 Å². The molecule has 0 aliphatic rings. The summed E-state index contributed by atoms with van der Waals surface area (Å²) >= 11 is 0. The standard InChI is InChI=1S/C17H22FN3/c1-3-21(12-15-6-4-5-9-20-15)17(11-19)16-10-14(18)8-7-13(16)2/h4-10,17H,3,11-12,19H2,1-2H3. The highest BCUT2D eigenvalue weighted by atomic mass is 19.1. The first-order valence-corrected chi connectivity index (χ1v) is 7.25. The van der Waals surface area contributed by atoms with Crippen LogP contribution in [-0.2, 0) is 6.54 Å². The number of aromatic nitrogens is 1. The molecule has 0 spiro atoms. The molecule has 0 fully saturated rings. The van der Waals surface area contributed by atoms with Crippen LogP contribution in [0.15, 0.2) is 42.6 Å². The summed E-state index contributed by atoms with van der Waals surface area (Å²) in [5.74, 6) is -0.220. The van der Waals surface area contributed by atoms with E-state index < -0.39 is 0 Å². The summed E-state index contributed by atoms with van der Waals surface area (Å²) in [7, 11) is 0. The largest absolute Gasteiger partial charge is 0.329 e. The zero-order valence-corrected chi connectivity index (χ0v) is 12.6. The molecule has 1 heterocycles. The second kappa shape index (κ2) is 7.29. The summed E-state index contributed by atoms with van der Waals surface area (Å²) in [5, 5.41) is 0. The molecule has 2 aromatic rings. The molecular weight excluding hydrogens is 265 g/mol. The van der Waals surface area contributed by atoms with E-state index in [0.717, 1.165) is 23.4 Å². The first kappa shape index (κ1) is 15.6. The number of benzene rings is 1. The van der Waals surface area contributed by atoms with E-state index in [1.165, 1.54) is 6.07 Å². The third-order valence-corrected chi connectivity index (χ3v) is 3.76. The lowest BCUT2D eigenvalue weighted by molar-refractivity contribution is 0.200. The van der Waals surface area contributed by atoms with E-state index in [1.807, 2.05) is 31.2 Å². The van der Waals surface area contributed by atoms with Crippen LogP contribution in [-0.4, -0.2) is 23.0 Å². The zero-order valence-electron chi connectivity index (χ0n) is 12.6. The summed E-state index contributed by atoms with van der Waals surface area (Å²) in [4.78, 5) is 6.59. The Balaban J connectivity index is 2.27. The summed E-state index contributed by atoms with van der Waals surface area (Å²) in [6, 6.07) is 10.7. The van der Waals surface area contributed by atoms with Crippen LogP contribution in [0.1, 0.15) is 29.8 Å². The van der Waals surface area contributed by atoms with Crippen molar-refractivity contribution in [1.29, 1.82) is 0 Å². The van der Waals surface area contributed by atoms with Gasteiger partial charge in [0.2, 0.25) is 0 Å². The van der Waals surface area contributed by atoms with Crippen LogP contribution < -0.4 is 5.73 Å². The van der Waals surface area contributed by atoms with Gasteiger partial charge in [0.15, 0.2) is 0 Å². The second-order valence-corrected chi connectivity index (χ2v) is 5.14. The molecule has 0 saturated heterocycles. The molecule has 0 amide bonds. The number of nitrogens with two attached hydrogens (primary N) is 1. The number of rotatable bonds is 6. The lowest BCUT2D eigenvalue weighted by atomic mass is 9.99. The van der Waals surface area contributed by atoms with Crippen molar-refractivity contribution in [2.24, 2.45) is 5.73 Å². The van der Waals surface area contributed by atoms with Crippen molar-refractivity contribution in [2.45, 2.75) is 26.4 Å². The Hall–Kier alpha value is -1.78. The number of nitrogens with zero attached hydrogens (tertiary/aromatic N) is 2. The monoisotopic (exact) mass is 287 g/mol. The van der Waals surface area contributed by atoms with E-state index in [0.29, 0.717) is 13.1 Å². The minimum Gasteiger partial charge on any atom is -0.329 e. The number of hydrogen-bond donors (Lipinski definition) is 1. The van der Waals surface area contributed by atoms with Crippen molar-refractivity contribution in [2.75, 3.05) is 13.1 Å². The van der Waals surface area contributed by atoms with Crippen LogP contribution >= 0.6 is 0 Å². The topological polar surface area (TPSA) is 42.2 Å². The van der Waals surface area contributed by atoms with Crippen molar-refractivity contribution in [3.8, 4) is 0 Å². The first-order chi connectivity index (χ1) is 10.2. The Bertz CT molecular complexity index is 572. The van der Waals surface area contributed by atoms with Crippen molar-refractivity contribution < 1.29 is 4.39 Å². The third-order valence-electron chi connectivity index (χ3n) is 3.76. The molecule has 0 aliphatic carbocycles. The van der Waals surface area contributed by atoms with Gasteiger partial charge in [-0.05, 0) is 48.9 Å². The average molecular weight is 287 g/mol. The van der Waals surface area contributed by atoms with E-state index in [4.69, 9.17) is 5.73 Å². The molecule has 1 aromatic carbocycles. The molecule has 4 heteroatoms. The van der Waals surface area contributed by atoms with Crippen LogP contribution in [0.3, 0.4) is 0 Å². The maximum Gasteiger partial charge on any atom is 0.123 e. The van der Waals surface area contributed by atoms with Crippen molar-refractivity contribution in [3.63, 3.8) is 0 Å². The number of aryl methyl sites for hydroxylation is 1. The molecule has 1 atom stereocenters. The number of likely N-dealkylation sites (N-methyl/N-ethyl adjacent to an activating group) is 1. The third kappa shape index (κ3) is 3.86. The lowest BCUT2D eigenvalue weighted by Crippen LogP contribution is -2.34. The molecule has 21 heavy (non-hydrogen) atoms. The Kier molecular flexibility index (Phi) is 5.42. The van der Waals surface area contributed by atoms with Crippen molar-refractivity contribution in [1.82, 2.24) is 9.88 Å². The van der Waals surface area contributed by atoms with Gasteiger partial charge < -0.3 is 5.73 Å². The summed E-state index contributed by atoms with van der Waals surface area (Å²) in [6.07, 6.45) is 1.79. The van der Waals surface area contributed by atoms with Crippen LogP contribution in [0.5, 0.6) is 0 Å². The Morgan fingerprint density at radius 1 is 1.29 bits per heavy atom. The maximum atomic E-state index is 13.6. The van der Waals surface area contributed by atoms with Crippen molar-refractivity contribution >= 4 is 0 Å². The molecular formula is C17H22FN3. The van der Waals surface area contributed by atoms with Crippen LogP contribution in [0, 0.1) is 12.7 Å². The SMILES string of the molecule is CCN(Cc1ccccn1)C(CN)c1cc(F)ccc1C. The fourth-order valence-electron chi connectivity index (χ4n) is 2.59. The Morgan fingerprint density at radius 3 is 2.71 bits per heavy atom. The fourth-order valence-corrected chi connectivity index (χ4v) is 2.59. The number of halogens is 1. The quantitative estimate of drug-likeness (QED) is 0.888. The predicted octanol–water partition coefficient (Wildman–Crippen LogP) is 3.05. The van der Waals surface area contributed by atoms with E-state index in [-0.39, 0.29) is 11.9 Å². The fraction of sp³-hybridized carbons (Fsp3) is 0.353. The highest BCUT2D eigenvalue weighted by Crippen LogP contribution is 2.25. The van der Waals surface area contributed by atoms with Crippen molar-refractivity contribution in [3.05, 3.63) is 65.2 Å². The van der Waals surface area contributed by atoms with E-state index in [9.17, 15) is 4.39 Å². The van der Waals surface area contributed by atoms with E-state index in [1.54, 1.807) is 12.3 Å². The summed E-state index contributed by atoms with van der Waals surface area (Å²) in [5.41, 5.74) is 8.98. The predicted molar refractivity (Wildman–Crippen MR) is 83.3 cm³/mol. The molecule has 3 nitrogen and oxygen atoms in total. The molecule has 0 radical (unpaired) electrons. The van der Waals surface area contributed by atoms with Crippen LogP contribution in [0.4, 0.5) is 4.39 Å². The molecule has 0 bridgehead atoms. The number of pyridine rings is 1. The van der Waals surface area contributed by atoms with Gasteiger partial charge in [-0.3, -0.25) is 9.88 Å². The summed E-state index contributed by atoms with van der Waals surface area (Å²) in [6.45, 7) is 6.06.